The number of hydrogen-bond donors (Lipinski definition) is 0. The van der Waals surface area contributed by atoms with E-state index in [1.165, 1.54) is 0 Å². The number of rotatable bonds is 2. The average molecular weight is 309 g/mol. The second-order valence-corrected chi connectivity index (χ2v) is 3.42. The van der Waals surface area contributed by atoms with Gasteiger partial charge in [0.15, 0.2) is 0 Å². The van der Waals surface area contributed by atoms with Crippen LogP contribution < -0.4 is 49.1 Å². The molecule has 0 aliphatic carbocycles. The summed E-state index contributed by atoms with van der Waals surface area (Å²) in [4.78, 5) is 37.3. The molecule has 0 aliphatic rings. The van der Waals surface area contributed by atoms with Gasteiger partial charge in [0.05, 0.1) is 15.6 Å². The molecule has 67 valence electrons. The van der Waals surface area contributed by atoms with Crippen molar-refractivity contribution in [1.82, 2.24) is 0 Å². The summed E-state index contributed by atoms with van der Waals surface area (Å²) in [7, 11) is -11.4. The summed E-state index contributed by atoms with van der Waals surface area (Å²) < 4.78 is 21.2. The summed E-state index contributed by atoms with van der Waals surface area (Å²) >= 11 is 0. The van der Waals surface area contributed by atoms with Gasteiger partial charge in [0.2, 0.25) is 0 Å². The molecule has 0 aliphatic heterocycles. The molecule has 0 bridgehead atoms. The van der Waals surface area contributed by atoms with Crippen LogP contribution in [0.2, 0.25) is 0 Å². The Labute approximate surface area is 111 Å². The van der Waals surface area contributed by atoms with Crippen LogP contribution in [0.4, 0.5) is 0 Å². The molecular weight excluding hydrogens is 309 g/mol. The molecule has 0 rings (SSSR count). The first-order valence-electron chi connectivity index (χ1n) is 1.46. The number of hydrogen-bond acceptors (Lipinski definition) is 7. The van der Waals surface area contributed by atoms with E-state index in [2.05, 4.69) is 4.31 Å². The van der Waals surface area contributed by atoms with E-state index >= 15 is 0 Å². The Bertz CT molecular complexity index is 160. The Kier molecular flexibility index (Phi) is 17.1. The standard InChI is InChI=1S/2Fe.Na.H4O7P2/c;;;1-8(2,3)7-9(4,5)6/h;;;(H2,1,2,3)(H2,4,5,6)/q+2;+3;+1;/p-4. The van der Waals surface area contributed by atoms with Crippen LogP contribution in [0.15, 0.2) is 0 Å². The van der Waals surface area contributed by atoms with Crippen molar-refractivity contribution >= 4 is 15.6 Å². The van der Waals surface area contributed by atoms with Crippen LogP contribution >= 0.6 is 15.6 Å². The van der Waals surface area contributed by atoms with Gasteiger partial charge < -0.3 is 33.0 Å². The Morgan fingerprint density at radius 2 is 1.08 bits per heavy atom. The molecule has 0 aromatic heterocycles. The normalized spacial score (nSPS) is 10.3. The summed E-state index contributed by atoms with van der Waals surface area (Å²) in [6, 6.07) is 0. The average Bonchev–Trinajstić information content (AvgIpc) is 1.14. The van der Waals surface area contributed by atoms with Crippen LogP contribution in [-0.2, 0) is 47.6 Å². The molecule has 0 atom stereocenters. The Morgan fingerprint density at radius 3 is 1.08 bits per heavy atom. The van der Waals surface area contributed by atoms with Crippen molar-refractivity contribution in [1.29, 1.82) is 0 Å². The fourth-order valence-electron chi connectivity index (χ4n) is 0.122. The molecular formula is Fe2NaO7P2+2. The van der Waals surface area contributed by atoms with Gasteiger partial charge in [-0.15, -0.1) is 0 Å². The van der Waals surface area contributed by atoms with Gasteiger partial charge in [-0.2, -0.15) is 0 Å². The zero-order chi connectivity index (χ0) is 7.71. The summed E-state index contributed by atoms with van der Waals surface area (Å²) in [5.74, 6) is 0. The maximum atomic E-state index is 9.32. The van der Waals surface area contributed by atoms with E-state index in [1.54, 1.807) is 0 Å². The van der Waals surface area contributed by atoms with Crippen molar-refractivity contribution in [3.63, 3.8) is 0 Å². The summed E-state index contributed by atoms with van der Waals surface area (Å²) in [6.07, 6.45) is 0. The first-order chi connectivity index (χ1) is 3.71. The minimum atomic E-state index is -5.68. The quantitative estimate of drug-likeness (QED) is 0.365. The zero-order valence-corrected chi connectivity index (χ0v) is 11.5. The molecule has 12 heavy (non-hydrogen) atoms. The largest absolute Gasteiger partial charge is 3.00 e. The van der Waals surface area contributed by atoms with Gasteiger partial charge in [-0.3, -0.25) is 0 Å². The van der Waals surface area contributed by atoms with E-state index in [1.807, 2.05) is 0 Å². The van der Waals surface area contributed by atoms with Crippen LogP contribution in [0.25, 0.3) is 0 Å². The minimum Gasteiger partial charge on any atom is -0.790 e. The minimum absolute atomic E-state index is 0. The molecule has 0 aromatic carbocycles. The van der Waals surface area contributed by atoms with E-state index in [-0.39, 0.29) is 63.7 Å². The zero-order valence-electron chi connectivity index (χ0n) is 5.46. The number of phosphoric acid groups is 2. The van der Waals surface area contributed by atoms with Gasteiger partial charge >= 0.3 is 63.7 Å². The monoisotopic (exact) mass is 309 g/mol. The van der Waals surface area contributed by atoms with Gasteiger partial charge in [-0.25, -0.2) is 0 Å². The van der Waals surface area contributed by atoms with E-state index in [0.717, 1.165) is 0 Å². The predicted octanol–water partition coefficient (Wildman–Crippen LogP) is -6.34. The van der Waals surface area contributed by atoms with Gasteiger partial charge in [-0.05, 0) is 0 Å². The van der Waals surface area contributed by atoms with Crippen molar-refractivity contribution in [2.45, 2.75) is 0 Å². The first kappa shape index (κ1) is 23.8. The van der Waals surface area contributed by atoms with E-state index in [9.17, 15) is 28.7 Å². The third kappa shape index (κ3) is 22.8. The van der Waals surface area contributed by atoms with E-state index in [4.69, 9.17) is 0 Å². The summed E-state index contributed by atoms with van der Waals surface area (Å²) in [5, 5.41) is 0. The van der Waals surface area contributed by atoms with Crippen molar-refractivity contribution < 1.29 is 96.7 Å². The van der Waals surface area contributed by atoms with Crippen molar-refractivity contribution in [2.75, 3.05) is 0 Å². The molecule has 12 heteroatoms. The fraction of sp³-hybridized carbons (Fsp3) is 0. The first-order valence-corrected chi connectivity index (χ1v) is 4.38. The smallest absolute Gasteiger partial charge is 0.790 e. The molecule has 0 amide bonds. The molecule has 1 radical (unpaired) electrons. The maximum absolute atomic E-state index is 9.32. The third-order valence-electron chi connectivity index (χ3n) is 0.200. The van der Waals surface area contributed by atoms with Crippen LogP contribution in [0.3, 0.4) is 0 Å². The molecule has 0 saturated heterocycles. The van der Waals surface area contributed by atoms with Crippen molar-refractivity contribution in [3.8, 4) is 0 Å². The van der Waals surface area contributed by atoms with E-state index in [0.29, 0.717) is 0 Å². The summed E-state index contributed by atoms with van der Waals surface area (Å²) in [5.41, 5.74) is 0. The fourth-order valence-corrected chi connectivity index (χ4v) is 1.10. The van der Waals surface area contributed by atoms with Crippen LogP contribution in [0.1, 0.15) is 0 Å². The Morgan fingerprint density at radius 1 is 0.917 bits per heavy atom. The third-order valence-corrected chi connectivity index (χ3v) is 1.80. The van der Waals surface area contributed by atoms with Gasteiger partial charge in [0.1, 0.15) is 0 Å². The molecule has 0 spiro atoms. The molecule has 0 heterocycles. The molecule has 0 fully saturated rings. The van der Waals surface area contributed by atoms with Crippen LogP contribution in [0, 0.1) is 0 Å². The van der Waals surface area contributed by atoms with Gasteiger partial charge in [0, 0.05) is 0 Å². The molecule has 0 unspecified atom stereocenters. The van der Waals surface area contributed by atoms with Crippen LogP contribution in [-0.4, -0.2) is 0 Å². The van der Waals surface area contributed by atoms with Crippen LogP contribution in [0.5, 0.6) is 0 Å². The molecule has 0 N–H and O–H groups in total. The molecule has 7 nitrogen and oxygen atoms in total. The van der Waals surface area contributed by atoms with Gasteiger partial charge in [-0.1, -0.05) is 0 Å². The molecule has 0 saturated carbocycles. The Hall–Kier alpha value is 2.30. The van der Waals surface area contributed by atoms with E-state index < -0.39 is 15.6 Å². The second kappa shape index (κ2) is 8.59. The molecule has 0 aromatic rings. The van der Waals surface area contributed by atoms with Crippen molar-refractivity contribution in [2.24, 2.45) is 0 Å². The topological polar surface area (TPSA) is 136 Å². The summed E-state index contributed by atoms with van der Waals surface area (Å²) in [6.45, 7) is 0. The van der Waals surface area contributed by atoms with Crippen molar-refractivity contribution in [3.05, 3.63) is 0 Å². The Balaban J connectivity index is -0.000000107. The maximum Gasteiger partial charge on any atom is 3.00 e. The van der Waals surface area contributed by atoms with Gasteiger partial charge in [0.25, 0.3) is 0 Å². The SMILES string of the molecule is O=P([O-])([O-])OP(=O)([O-])[O-].[Fe+2].[Fe+3].[Na+]. The predicted molar refractivity (Wildman–Crippen MR) is 16.3 cm³/mol. The second-order valence-electron chi connectivity index (χ2n) is 0.976.